The summed E-state index contributed by atoms with van der Waals surface area (Å²) in [6.45, 7) is 17.9. The zero-order valence-electron chi connectivity index (χ0n) is 19.5. The summed E-state index contributed by atoms with van der Waals surface area (Å²) >= 11 is 0. The van der Waals surface area contributed by atoms with Crippen molar-refractivity contribution in [3.63, 3.8) is 0 Å². The highest BCUT2D eigenvalue weighted by Crippen LogP contribution is 2.41. The lowest BCUT2D eigenvalue weighted by Crippen LogP contribution is -2.45. The third kappa shape index (κ3) is 7.55. The zero-order chi connectivity index (χ0) is 21.4. The maximum absolute atomic E-state index is 6.08. The molecule has 0 bridgehead atoms. The van der Waals surface area contributed by atoms with E-state index >= 15 is 0 Å². The van der Waals surface area contributed by atoms with Crippen molar-refractivity contribution in [3.05, 3.63) is 47.5 Å². The highest BCUT2D eigenvalue weighted by Gasteiger charge is 2.35. The third-order valence-electron chi connectivity index (χ3n) is 6.52. The zero-order valence-corrected chi connectivity index (χ0v) is 19.5. The van der Waals surface area contributed by atoms with Gasteiger partial charge in [-0.2, -0.15) is 0 Å². The minimum Gasteiger partial charge on any atom is -0.377 e. The van der Waals surface area contributed by atoms with Gasteiger partial charge in [0, 0.05) is 12.1 Å². The van der Waals surface area contributed by atoms with Gasteiger partial charge < -0.3 is 15.8 Å². The second-order valence-electron chi connectivity index (χ2n) is 9.60. The Hall–Kier alpha value is -1.16. The van der Waals surface area contributed by atoms with Gasteiger partial charge in [0.2, 0.25) is 0 Å². The molecule has 164 valence electrons. The Morgan fingerprint density at radius 3 is 2.41 bits per heavy atom. The highest BCUT2D eigenvalue weighted by molar-refractivity contribution is 5.26. The second-order valence-corrected chi connectivity index (χ2v) is 9.60. The molecule has 3 N–H and O–H groups in total. The Bertz CT molecular complexity index is 620. The van der Waals surface area contributed by atoms with E-state index in [-0.39, 0.29) is 11.6 Å². The Kier molecular flexibility index (Phi) is 9.39. The fourth-order valence-electron chi connectivity index (χ4n) is 4.19. The largest absolute Gasteiger partial charge is 0.377 e. The van der Waals surface area contributed by atoms with E-state index in [1.165, 1.54) is 29.5 Å². The monoisotopic (exact) mass is 400 g/mol. The summed E-state index contributed by atoms with van der Waals surface area (Å²) < 4.78 is 6.08. The van der Waals surface area contributed by atoms with Crippen molar-refractivity contribution in [2.75, 3.05) is 19.7 Å². The maximum atomic E-state index is 6.08. The van der Waals surface area contributed by atoms with E-state index in [1.807, 2.05) is 0 Å². The van der Waals surface area contributed by atoms with Crippen LogP contribution in [-0.2, 0) is 11.2 Å². The second kappa shape index (κ2) is 11.3. The van der Waals surface area contributed by atoms with Crippen LogP contribution in [0.25, 0.3) is 0 Å². The van der Waals surface area contributed by atoms with Crippen molar-refractivity contribution in [2.24, 2.45) is 17.6 Å². The molecule has 0 radical (unpaired) electrons. The van der Waals surface area contributed by atoms with Crippen LogP contribution >= 0.6 is 0 Å². The van der Waals surface area contributed by atoms with Gasteiger partial charge in [-0.1, -0.05) is 57.2 Å². The van der Waals surface area contributed by atoms with Crippen molar-refractivity contribution >= 4 is 0 Å². The molecule has 3 nitrogen and oxygen atoms in total. The summed E-state index contributed by atoms with van der Waals surface area (Å²) in [5, 5.41) is 3.69. The average molecular weight is 401 g/mol. The first-order valence-corrected chi connectivity index (χ1v) is 11.6. The molecule has 0 heterocycles. The number of hydrogen-bond donors (Lipinski definition) is 2. The van der Waals surface area contributed by atoms with Crippen LogP contribution in [0.1, 0.15) is 77.3 Å². The van der Waals surface area contributed by atoms with Crippen molar-refractivity contribution in [1.82, 2.24) is 5.32 Å². The van der Waals surface area contributed by atoms with Crippen LogP contribution in [0, 0.1) is 11.8 Å². The topological polar surface area (TPSA) is 47.3 Å². The first-order valence-electron chi connectivity index (χ1n) is 11.6. The van der Waals surface area contributed by atoms with Crippen molar-refractivity contribution in [3.8, 4) is 0 Å². The van der Waals surface area contributed by atoms with Crippen molar-refractivity contribution in [1.29, 1.82) is 0 Å². The van der Waals surface area contributed by atoms with Crippen LogP contribution in [0.2, 0.25) is 0 Å². The lowest BCUT2D eigenvalue weighted by molar-refractivity contribution is 0.0652. The molecule has 1 saturated carbocycles. The molecule has 0 aromatic heterocycles. The summed E-state index contributed by atoms with van der Waals surface area (Å²) in [5.74, 6) is 1.86. The average Bonchev–Trinajstić information content (AvgIpc) is 3.54. The quantitative estimate of drug-likeness (QED) is 0.322. The van der Waals surface area contributed by atoms with Gasteiger partial charge in [-0.25, -0.2) is 0 Å². The molecule has 0 saturated heterocycles. The first-order chi connectivity index (χ1) is 13.8. The number of hydrogen-bond acceptors (Lipinski definition) is 3. The molecular weight excluding hydrogens is 356 g/mol. The van der Waals surface area contributed by atoms with Gasteiger partial charge in [0.05, 0.1) is 12.7 Å². The van der Waals surface area contributed by atoms with E-state index in [1.54, 1.807) is 0 Å². The molecule has 3 heteroatoms. The van der Waals surface area contributed by atoms with Gasteiger partial charge in [-0.15, -0.1) is 0 Å². The van der Waals surface area contributed by atoms with Gasteiger partial charge in [-0.3, -0.25) is 0 Å². The molecule has 29 heavy (non-hydrogen) atoms. The summed E-state index contributed by atoms with van der Waals surface area (Å²) in [7, 11) is 0. The summed E-state index contributed by atoms with van der Waals surface area (Å²) in [5.41, 5.74) is 10.1. The molecule has 1 aliphatic carbocycles. The number of nitrogens with one attached hydrogen (secondary N) is 1. The van der Waals surface area contributed by atoms with Crippen LogP contribution in [0.4, 0.5) is 0 Å². The predicted octanol–water partition coefficient (Wildman–Crippen LogP) is 5.45. The minimum absolute atomic E-state index is 0.0408. The maximum Gasteiger partial charge on any atom is 0.0595 e. The van der Waals surface area contributed by atoms with E-state index < -0.39 is 0 Å². The molecule has 1 fully saturated rings. The van der Waals surface area contributed by atoms with Crippen LogP contribution in [0.3, 0.4) is 0 Å². The van der Waals surface area contributed by atoms with Crippen molar-refractivity contribution < 1.29 is 4.74 Å². The highest BCUT2D eigenvalue weighted by atomic mass is 16.5. The van der Waals surface area contributed by atoms with Crippen LogP contribution in [-0.4, -0.2) is 31.3 Å². The van der Waals surface area contributed by atoms with E-state index in [4.69, 9.17) is 10.5 Å². The molecule has 0 spiro atoms. The van der Waals surface area contributed by atoms with E-state index in [0.29, 0.717) is 18.4 Å². The summed E-state index contributed by atoms with van der Waals surface area (Å²) in [6.07, 6.45) is 6.00. The van der Waals surface area contributed by atoms with Gasteiger partial charge in [0.25, 0.3) is 0 Å². The molecule has 1 aromatic rings. The lowest BCUT2D eigenvalue weighted by Gasteiger charge is -2.32. The molecule has 1 aliphatic rings. The molecule has 2 rings (SSSR count). The van der Waals surface area contributed by atoms with Crippen molar-refractivity contribution in [2.45, 2.75) is 84.3 Å². The molecule has 0 amide bonds. The summed E-state index contributed by atoms with van der Waals surface area (Å²) in [6, 6.07) is 8.98. The van der Waals surface area contributed by atoms with Gasteiger partial charge in [-0.05, 0) is 81.4 Å². The fraction of sp³-hybridized carbons (Fsp3) is 0.692. The Labute approximate surface area is 179 Å². The Morgan fingerprint density at radius 2 is 1.90 bits per heavy atom. The van der Waals surface area contributed by atoms with Gasteiger partial charge >= 0.3 is 0 Å². The van der Waals surface area contributed by atoms with Crippen LogP contribution in [0.5, 0.6) is 0 Å². The SMILES string of the molecule is C=C(C1CC1)C(C)(CC)NCCOC(C)Cc1ccc(C(CN)CC(C)C)cc1. The molecule has 3 unspecified atom stereocenters. The van der Waals surface area contributed by atoms with Gasteiger partial charge in [0.1, 0.15) is 0 Å². The normalized spacial score (nSPS) is 18.4. The smallest absolute Gasteiger partial charge is 0.0595 e. The fourth-order valence-corrected chi connectivity index (χ4v) is 4.19. The number of nitrogens with two attached hydrogens (primary N) is 1. The van der Waals surface area contributed by atoms with Crippen LogP contribution in [0.15, 0.2) is 36.4 Å². The van der Waals surface area contributed by atoms with E-state index in [0.717, 1.165) is 38.3 Å². The minimum atomic E-state index is 0.0408. The standard InChI is InChI=1S/C26H44N2O/c1-7-26(6,21(5)23-12-13-23)28-14-15-29-20(4)17-22-8-10-24(11-9-22)25(18-27)16-19(2)3/h8-11,19-20,23,25,28H,5,7,12-18,27H2,1-4,6H3. The number of ether oxygens (including phenoxy) is 1. The number of benzene rings is 1. The lowest BCUT2D eigenvalue weighted by atomic mass is 9.87. The molecule has 1 aromatic carbocycles. The van der Waals surface area contributed by atoms with E-state index in [9.17, 15) is 0 Å². The van der Waals surface area contributed by atoms with Crippen LogP contribution < -0.4 is 11.1 Å². The third-order valence-corrected chi connectivity index (χ3v) is 6.52. The van der Waals surface area contributed by atoms with Gasteiger partial charge in [0.15, 0.2) is 0 Å². The predicted molar refractivity (Wildman–Crippen MR) is 125 cm³/mol. The first kappa shape index (κ1) is 24.1. The van der Waals surface area contributed by atoms with E-state index in [2.05, 4.69) is 70.8 Å². The molecule has 3 atom stereocenters. The molecule has 0 aliphatic heterocycles. The molecular formula is C26H44N2O. The number of rotatable bonds is 14. The Balaban J connectivity index is 1.74. The Morgan fingerprint density at radius 1 is 1.24 bits per heavy atom. The summed E-state index contributed by atoms with van der Waals surface area (Å²) in [4.78, 5) is 0.